The molecule has 0 spiro atoms. The number of carbonyl (C=O) groups excluding carboxylic acids is 2. The first-order valence-corrected chi connectivity index (χ1v) is 8.55. The monoisotopic (exact) mass is 341 g/mol. The third-order valence-electron chi connectivity index (χ3n) is 4.40. The standard InChI is InChI=1S/C19H23N3O3/c1-3-25-17-7-6-15(13-14(17)2)18(23)21-9-11-22(12-10-21)19(24)16-5-4-8-20-16/h4-8,13,20H,3,9-12H2,1-2H3. The molecule has 1 aromatic heterocycles. The van der Waals surface area contributed by atoms with E-state index in [0.29, 0.717) is 44.0 Å². The van der Waals surface area contributed by atoms with Crippen LogP contribution in [-0.4, -0.2) is 59.4 Å². The Bertz CT molecular complexity index is 747. The molecule has 1 saturated heterocycles. The van der Waals surface area contributed by atoms with Crippen LogP contribution >= 0.6 is 0 Å². The summed E-state index contributed by atoms with van der Waals surface area (Å²) < 4.78 is 5.52. The van der Waals surface area contributed by atoms with Gasteiger partial charge in [-0.3, -0.25) is 9.59 Å². The molecule has 0 saturated carbocycles. The number of hydrogen-bond acceptors (Lipinski definition) is 3. The van der Waals surface area contributed by atoms with Gasteiger partial charge in [-0.25, -0.2) is 0 Å². The molecule has 6 heteroatoms. The van der Waals surface area contributed by atoms with Crippen LogP contribution in [0.2, 0.25) is 0 Å². The second-order valence-corrected chi connectivity index (χ2v) is 6.08. The van der Waals surface area contributed by atoms with Gasteiger partial charge in [-0.15, -0.1) is 0 Å². The Hall–Kier alpha value is -2.76. The Kier molecular flexibility index (Phi) is 5.07. The maximum Gasteiger partial charge on any atom is 0.270 e. The maximum atomic E-state index is 12.7. The van der Waals surface area contributed by atoms with Crippen molar-refractivity contribution in [2.75, 3.05) is 32.8 Å². The summed E-state index contributed by atoms with van der Waals surface area (Å²) >= 11 is 0. The van der Waals surface area contributed by atoms with E-state index >= 15 is 0 Å². The summed E-state index contributed by atoms with van der Waals surface area (Å²) in [4.78, 5) is 31.5. The van der Waals surface area contributed by atoms with Crippen molar-refractivity contribution in [1.82, 2.24) is 14.8 Å². The van der Waals surface area contributed by atoms with Gasteiger partial charge in [0.2, 0.25) is 0 Å². The molecule has 132 valence electrons. The lowest BCUT2D eigenvalue weighted by atomic mass is 10.1. The van der Waals surface area contributed by atoms with E-state index < -0.39 is 0 Å². The highest BCUT2D eigenvalue weighted by atomic mass is 16.5. The van der Waals surface area contributed by atoms with Gasteiger partial charge in [0.05, 0.1) is 6.61 Å². The zero-order chi connectivity index (χ0) is 17.8. The number of aryl methyl sites for hydroxylation is 1. The number of carbonyl (C=O) groups is 2. The topological polar surface area (TPSA) is 65.6 Å². The highest BCUT2D eigenvalue weighted by Crippen LogP contribution is 2.20. The molecule has 0 radical (unpaired) electrons. The third kappa shape index (κ3) is 3.68. The number of aromatic amines is 1. The van der Waals surface area contributed by atoms with Gasteiger partial charge in [-0.05, 0) is 49.7 Å². The van der Waals surface area contributed by atoms with Crippen LogP contribution in [0.15, 0.2) is 36.5 Å². The summed E-state index contributed by atoms with van der Waals surface area (Å²) in [6.45, 7) is 6.64. The fraction of sp³-hybridized carbons (Fsp3) is 0.368. The van der Waals surface area contributed by atoms with Gasteiger partial charge in [-0.1, -0.05) is 0 Å². The third-order valence-corrected chi connectivity index (χ3v) is 4.40. The number of ether oxygens (including phenoxy) is 1. The van der Waals surface area contributed by atoms with Crippen LogP contribution in [0.5, 0.6) is 5.75 Å². The highest BCUT2D eigenvalue weighted by Gasteiger charge is 2.26. The van der Waals surface area contributed by atoms with Crippen molar-refractivity contribution >= 4 is 11.8 Å². The van der Waals surface area contributed by atoms with Crippen LogP contribution in [0.3, 0.4) is 0 Å². The number of piperazine rings is 1. The Balaban J connectivity index is 1.62. The van der Waals surface area contributed by atoms with E-state index in [1.54, 1.807) is 34.2 Å². The number of rotatable bonds is 4. The Morgan fingerprint density at radius 1 is 1.08 bits per heavy atom. The summed E-state index contributed by atoms with van der Waals surface area (Å²) in [5.41, 5.74) is 2.19. The lowest BCUT2D eigenvalue weighted by Gasteiger charge is -2.34. The first kappa shape index (κ1) is 17.1. The molecular formula is C19H23N3O3. The molecule has 2 aromatic rings. The van der Waals surface area contributed by atoms with Crippen molar-refractivity contribution in [3.63, 3.8) is 0 Å². The lowest BCUT2D eigenvalue weighted by molar-refractivity contribution is 0.0532. The normalized spacial score (nSPS) is 14.5. The second-order valence-electron chi connectivity index (χ2n) is 6.08. The molecule has 1 aromatic carbocycles. The van der Waals surface area contributed by atoms with Crippen LogP contribution in [0.25, 0.3) is 0 Å². The highest BCUT2D eigenvalue weighted by molar-refractivity contribution is 5.95. The molecular weight excluding hydrogens is 318 g/mol. The fourth-order valence-electron chi connectivity index (χ4n) is 3.03. The summed E-state index contributed by atoms with van der Waals surface area (Å²) in [5, 5.41) is 0. The number of H-pyrrole nitrogens is 1. The van der Waals surface area contributed by atoms with E-state index in [1.807, 2.05) is 26.0 Å². The van der Waals surface area contributed by atoms with E-state index in [1.165, 1.54) is 0 Å². The number of amides is 2. The van der Waals surface area contributed by atoms with E-state index in [4.69, 9.17) is 4.74 Å². The van der Waals surface area contributed by atoms with Crippen LogP contribution < -0.4 is 4.74 Å². The number of nitrogens with zero attached hydrogens (tertiary/aromatic N) is 2. The van der Waals surface area contributed by atoms with E-state index in [-0.39, 0.29) is 11.8 Å². The average Bonchev–Trinajstić information content (AvgIpc) is 3.17. The maximum absolute atomic E-state index is 12.7. The number of benzene rings is 1. The Labute approximate surface area is 147 Å². The van der Waals surface area contributed by atoms with Crippen molar-refractivity contribution in [3.05, 3.63) is 53.3 Å². The number of nitrogens with one attached hydrogen (secondary N) is 1. The van der Waals surface area contributed by atoms with Crippen LogP contribution in [0, 0.1) is 6.92 Å². The SMILES string of the molecule is CCOc1ccc(C(=O)N2CCN(C(=O)c3ccc[nH]3)CC2)cc1C. The van der Waals surface area contributed by atoms with Gasteiger partial charge in [-0.2, -0.15) is 0 Å². The van der Waals surface area contributed by atoms with Gasteiger partial charge in [0.25, 0.3) is 11.8 Å². The van der Waals surface area contributed by atoms with Crippen molar-refractivity contribution < 1.29 is 14.3 Å². The Morgan fingerprint density at radius 3 is 2.32 bits per heavy atom. The van der Waals surface area contributed by atoms with Crippen molar-refractivity contribution in [2.24, 2.45) is 0 Å². The minimum atomic E-state index is -0.0194. The molecule has 0 aliphatic carbocycles. The number of aromatic nitrogens is 1. The smallest absolute Gasteiger partial charge is 0.270 e. The molecule has 1 aliphatic rings. The minimum absolute atomic E-state index is 0.00174. The zero-order valence-corrected chi connectivity index (χ0v) is 14.6. The van der Waals surface area contributed by atoms with Gasteiger partial charge in [0, 0.05) is 37.9 Å². The second kappa shape index (κ2) is 7.42. The van der Waals surface area contributed by atoms with Crippen molar-refractivity contribution in [2.45, 2.75) is 13.8 Å². The van der Waals surface area contributed by atoms with Gasteiger partial charge < -0.3 is 19.5 Å². The van der Waals surface area contributed by atoms with Gasteiger partial charge in [0.1, 0.15) is 11.4 Å². The average molecular weight is 341 g/mol. The first-order chi connectivity index (χ1) is 12.1. The predicted molar refractivity (Wildman–Crippen MR) is 94.9 cm³/mol. The van der Waals surface area contributed by atoms with Gasteiger partial charge >= 0.3 is 0 Å². The first-order valence-electron chi connectivity index (χ1n) is 8.55. The van der Waals surface area contributed by atoms with Crippen molar-refractivity contribution in [3.8, 4) is 5.75 Å². The van der Waals surface area contributed by atoms with Gasteiger partial charge in [0.15, 0.2) is 0 Å². The summed E-state index contributed by atoms with van der Waals surface area (Å²) in [6, 6.07) is 9.08. The molecule has 0 unspecified atom stereocenters. The molecule has 0 bridgehead atoms. The zero-order valence-electron chi connectivity index (χ0n) is 14.6. The summed E-state index contributed by atoms with van der Waals surface area (Å²) in [7, 11) is 0. The molecule has 2 heterocycles. The number of hydrogen-bond donors (Lipinski definition) is 1. The molecule has 1 aliphatic heterocycles. The Morgan fingerprint density at radius 2 is 1.76 bits per heavy atom. The van der Waals surface area contributed by atoms with E-state index in [0.717, 1.165) is 11.3 Å². The van der Waals surface area contributed by atoms with Crippen LogP contribution in [0.4, 0.5) is 0 Å². The molecule has 0 atom stereocenters. The minimum Gasteiger partial charge on any atom is -0.494 e. The van der Waals surface area contributed by atoms with E-state index in [9.17, 15) is 9.59 Å². The fourth-order valence-corrected chi connectivity index (χ4v) is 3.03. The van der Waals surface area contributed by atoms with Crippen LogP contribution in [0.1, 0.15) is 33.3 Å². The molecule has 6 nitrogen and oxygen atoms in total. The summed E-state index contributed by atoms with van der Waals surface area (Å²) in [6.07, 6.45) is 1.74. The molecule has 25 heavy (non-hydrogen) atoms. The molecule has 2 amide bonds. The van der Waals surface area contributed by atoms with E-state index in [2.05, 4.69) is 4.98 Å². The molecule has 1 N–H and O–H groups in total. The predicted octanol–water partition coefficient (Wildman–Crippen LogP) is 2.32. The lowest BCUT2D eigenvalue weighted by Crippen LogP contribution is -2.50. The quantitative estimate of drug-likeness (QED) is 0.928. The molecule has 1 fully saturated rings. The van der Waals surface area contributed by atoms with Crippen LogP contribution in [-0.2, 0) is 0 Å². The summed E-state index contributed by atoms with van der Waals surface area (Å²) in [5.74, 6) is 0.785. The molecule has 3 rings (SSSR count). The largest absolute Gasteiger partial charge is 0.494 e. The van der Waals surface area contributed by atoms with Crippen molar-refractivity contribution in [1.29, 1.82) is 0 Å².